The van der Waals surface area contributed by atoms with E-state index in [0.29, 0.717) is 0 Å². The first-order valence-corrected chi connectivity index (χ1v) is 8.92. The number of hydrogen-bond acceptors (Lipinski definition) is 2. The molecule has 2 heteroatoms. The highest BCUT2D eigenvalue weighted by atomic mass is 16.6. The standard InChI is InChI=1S/C13H19NO.C5H8.C2H6.C2H2/c1-3-4-10-13(14-2)12(15-13)11-8-6-5-7-9-11;1-3-5-4-2;2*1-2/h5-9,12,14H,3-4,10H2,1-2H3;1H,4-5H2,2H3;1-2H3;1-2H. The van der Waals surface area contributed by atoms with E-state index in [1.807, 2.05) is 27.0 Å². The minimum absolute atomic E-state index is 0.0859. The van der Waals surface area contributed by atoms with Gasteiger partial charge in [-0.05, 0) is 31.9 Å². The Morgan fingerprint density at radius 1 is 1.12 bits per heavy atom. The molecular weight excluding hydrogens is 294 g/mol. The van der Waals surface area contributed by atoms with Gasteiger partial charge in [0.2, 0.25) is 0 Å². The molecule has 0 saturated carbocycles. The van der Waals surface area contributed by atoms with Crippen LogP contribution in [0.3, 0.4) is 0 Å². The summed E-state index contributed by atoms with van der Waals surface area (Å²) in [6, 6.07) is 10.4. The van der Waals surface area contributed by atoms with Crippen molar-refractivity contribution in [1.82, 2.24) is 5.32 Å². The van der Waals surface area contributed by atoms with E-state index in [1.165, 1.54) is 18.4 Å². The Balaban J connectivity index is 0. The van der Waals surface area contributed by atoms with Crippen molar-refractivity contribution < 1.29 is 4.74 Å². The molecule has 24 heavy (non-hydrogen) atoms. The van der Waals surface area contributed by atoms with Crippen LogP contribution in [0.1, 0.15) is 71.5 Å². The lowest BCUT2D eigenvalue weighted by Crippen LogP contribution is -2.29. The van der Waals surface area contributed by atoms with Gasteiger partial charge in [0.25, 0.3) is 0 Å². The lowest BCUT2D eigenvalue weighted by molar-refractivity contribution is 0.245. The van der Waals surface area contributed by atoms with Crippen LogP contribution in [0.5, 0.6) is 0 Å². The van der Waals surface area contributed by atoms with Crippen molar-refractivity contribution >= 4 is 0 Å². The second kappa shape index (κ2) is 16.1. The molecule has 0 aromatic heterocycles. The maximum Gasteiger partial charge on any atom is 0.150 e. The third-order valence-electron chi connectivity index (χ3n) is 3.52. The molecule has 1 aromatic rings. The van der Waals surface area contributed by atoms with Crippen LogP contribution in [0.15, 0.2) is 30.3 Å². The first kappa shape index (κ1) is 24.5. The third kappa shape index (κ3) is 8.78. The number of likely N-dealkylation sites (N-methyl/N-ethyl adjacent to an activating group) is 1. The van der Waals surface area contributed by atoms with E-state index in [2.05, 4.69) is 62.2 Å². The Morgan fingerprint density at radius 3 is 2.08 bits per heavy atom. The van der Waals surface area contributed by atoms with Gasteiger partial charge in [-0.15, -0.1) is 25.2 Å². The van der Waals surface area contributed by atoms with E-state index in [4.69, 9.17) is 11.2 Å². The highest BCUT2D eigenvalue weighted by Gasteiger charge is 2.55. The van der Waals surface area contributed by atoms with Gasteiger partial charge in [-0.3, -0.25) is 5.32 Å². The molecule has 0 radical (unpaired) electrons. The van der Waals surface area contributed by atoms with Crippen molar-refractivity contribution in [2.75, 3.05) is 7.05 Å². The molecule has 1 saturated heterocycles. The maximum atomic E-state index is 5.83. The van der Waals surface area contributed by atoms with Crippen molar-refractivity contribution in [3.05, 3.63) is 35.9 Å². The fourth-order valence-electron chi connectivity index (χ4n) is 2.23. The van der Waals surface area contributed by atoms with Gasteiger partial charge in [-0.2, -0.15) is 0 Å². The SMILES string of the molecule is C#C.C#CCCC.CC.CCCCC1(NC)OC1c1ccccc1. The smallest absolute Gasteiger partial charge is 0.150 e. The first-order valence-electron chi connectivity index (χ1n) is 8.92. The minimum Gasteiger partial charge on any atom is -0.345 e. The van der Waals surface area contributed by atoms with Crippen LogP contribution in [0.2, 0.25) is 0 Å². The number of epoxide rings is 1. The second-order valence-electron chi connectivity index (χ2n) is 5.11. The Hall–Kier alpha value is -1.74. The van der Waals surface area contributed by atoms with Gasteiger partial charge in [-0.1, -0.05) is 64.4 Å². The predicted molar refractivity (Wildman–Crippen MR) is 107 cm³/mol. The van der Waals surface area contributed by atoms with Gasteiger partial charge in [0.15, 0.2) is 5.72 Å². The normalized spacial score (nSPS) is 19.8. The number of nitrogens with one attached hydrogen (secondary N) is 1. The van der Waals surface area contributed by atoms with Crippen LogP contribution in [0.25, 0.3) is 0 Å². The predicted octanol–water partition coefficient (Wildman–Crippen LogP) is 5.56. The zero-order chi connectivity index (χ0) is 18.8. The van der Waals surface area contributed by atoms with Crippen LogP contribution in [-0.4, -0.2) is 12.8 Å². The van der Waals surface area contributed by atoms with Gasteiger partial charge >= 0.3 is 0 Å². The second-order valence-corrected chi connectivity index (χ2v) is 5.11. The molecule has 0 aliphatic carbocycles. The summed E-state index contributed by atoms with van der Waals surface area (Å²) in [4.78, 5) is 0. The topological polar surface area (TPSA) is 24.6 Å². The van der Waals surface area contributed by atoms with Gasteiger partial charge in [0.1, 0.15) is 6.10 Å². The number of unbranched alkanes of at least 4 members (excludes halogenated alkanes) is 2. The number of benzene rings is 1. The molecule has 1 aromatic carbocycles. The van der Waals surface area contributed by atoms with Gasteiger partial charge < -0.3 is 4.74 Å². The zero-order valence-electron chi connectivity index (χ0n) is 16.1. The highest BCUT2D eigenvalue weighted by molar-refractivity contribution is 5.25. The molecule has 1 heterocycles. The molecule has 1 N–H and O–H groups in total. The summed E-state index contributed by atoms with van der Waals surface area (Å²) in [6.07, 6.45) is 18.7. The van der Waals surface area contributed by atoms with E-state index in [-0.39, 0.29) is 11.8 Å². The molecule has 2 unspecified atom stereocenters. The zero-order valence-corrected chi connectivity index (χ0v) is 16.1. The van der Waals surface area contributed by atoms with E-state index in [0.717, 1.165) is 19.3 Å². The van der Waals surface area contributed by atoms with E-state index < -0.39 is 0 Å². The van der Waals surface area contributed by atoms with Gasteiger partial charge in [0.05, 0.1) is 0 Å². The van der Waals surface area contributed by atoms with Crippen molar-refractivity contribution in [2.45, 2.75) is 71.6 Å². The molecule has 1 aliphatic rings. The molecule has 0 amide bonds. The quantitative estimate of drug-likeness (QED) is 0.546. The van der Waals surface area contributed by atoms with Crippen LogP contribution < -0.4 is 5.32 Å². The molecule has 0 bridgehead atoms. The Labute approximate surface area is 150 Å². The third-order valence-corrected chi connectivity index (χ3v) is 3.52. The van der Waals surface area contributed by atoms with E-state index in [1.54, 1.807) is 0 Å². The maximum absolute atomic E-state index is 5.83. The lowest BCUT2D eigenvalue weighted by Gasteiger charge is -2.10. The van der Waals surface area contributed by atoms with Crippen LogP contribution in [0.4, 0.5) is 0 Å². The van der Waals surface area contributed by atoms with Crippen molar-refractivity contribution in [2.24, 2.45) is 0 Å². The number of terminal acetylenes is 2. The number of rotatable bonds is 6. The van der Waals surface area contributed by atoms with E-state index in [9.17, 15) is 0 Å². The summed E-state index contributed by atoms with van der Waals surface area (Å²) < 4.78 is 5.83. The average molecular weight is 330 g/mol. The highest BCUT2D eigenvalue weighted by Crippen LogP contribution is 2.50. The van der Waals surface area contributed by atoms with Crippen LogP contribution in [0, 0.1) is 25.2 Å². The first-order chi connectivity index (χ1) is 11.7. The Bertz CT molecular complexity index is 446. The average Bonchev–Trinajstić information content (AvgIpc) is 3.40. The lowest BCUT2D eigenvalue weighted by atomic mass is 10.0. The minimum atomic E-state index is -0.0859. The van der Waals surface area contributed by atoms with Crippen LogP contribution in [-0.2, 0) is 4.74 Å². The molecule has 134 valence electrons. The largest absolute Gasteiger partial charge is 0.345 e. The Morgan fingerprint density at radius 2 is 1.71 bits per heavy atom. The molecular formula is C22H35NO. The van der Waals surface area contributed by atoms with Gasteiger partial charge in [0, 0.05) is 6.42 Å². The molecule has 2 atom stereocenters. The summed E-state index contributed by atoms with van der Waals surface area (Å²) in [5, 5.41) is 3.31. The number of hydrogen-bond donors (Lipinski definition) is 1. The molecule has 0 spiro atoms. The van der Waals surface area contributed by atoms with Crippen molar-refractivity contribution in [3.8, 4) is 25.2 Å². The molecule has 1 aliphatic heterocycles. The van der Waals surface area contributed by atoms with Crippen LogP contribution >= 0.6 is 0 Å². The fourth-order valence-corrected chi connectivity index (χ4v) is 2.23. The van der Waals surface area contributed by atoms with Crippen molar-refractivity contribution in [3.63, 3.8) is 0 Å². The molecule has 1 fully saturated rings. The summed E-state index contributed by atoms with van der Waals surface area (Å²) >= 11 is 0. The fraction of sp³-hybridized carbons (Fsp3) is 0.545. The molecule has 2 rings (SSSR count). The Kier molecular flexibility index (Phi) is 16.5. The van der Waals surface area contributed by atoms with E-state index >= 15 is 0 Å². The van der Waals surface area contributed by atoms with Crippen molar-refractivity contribution in [1.29, 1.82) is 0 Å². The van der Waals surface area contributed by atoms with Gasteiger partial charge in [-0.25, -0.2) is 0 Å². The summed E-state index contributed by atoms with van der Waals surface area (Å²) in [7, 11) is 1.98. The summed E-state index contributed by atoms with van der Waals surface area (Å²) in [5.74, 6) is 2.52. The summed E-state index contributed by atoms with van der Waals surface area (Å²) in [6.45, 7) is 8.28. The molecule has 2 nitrogen and oxygen atoms in total. The number of ether oxygens (including phenoxy) is 1. The summed E-state index contributed by atoms with van der Waals surface area (Å²) in [5.41, 5.74) is 1.19. The monoisotopic (exact) mass is 329 g/mol.